The number of pyridine rings is 1. The summed E-state index contributed by atoms with van der Waals surface area (Å²) in [5.41, 5.74) is 6.57. The summed E-state index contributed by atoms with van der Waals surface area (Å²) >= 11 is 0. The van der Waals surface area contributed by atoms with Crippen LogP contribution in [0.4, 0.5) is 0 Å². The highest BCUT2D eigenvalue weighted by Gasteiger charge is 2.18. The molecule has 1 aromatic rings. The van der Waals surface area contributed by atoms with Crippen molar-refractivity contribution < 1.29 is 9.59 Å². The normalized spacial score (nSPS) is 11.4. The number of carbonyl (C=O) groups is 2. The third kappa shape index (κ3) is 4.37. The van der Waals surface area contributed by atoms with Gasteiger partial charge < -0.3 is 11.1 Å². The smallest absolute Gasteiger partial charge is 0.270 e. The lowest BCUT2D eigenvalue weighted by Gasteiger charge is -2.13. The van der Waals surface area contributed by atoms with Crippen molar-refractivity contribution in [1.29, 1.82) is 0 Å². The van der Waals surface area contributed by atoms with Crippen molar-refractivity contribution in [3.05, 3.63) is 41.7 Å². The van der Waals surface area contributed by atoms with Gasteiger partial charge >= 0.3 is 0 Å². The Kier molecular flexibility index (Phi) is 5.05. The number of hydrogen-bond acceptors (Lipinski definition) is 3. The van der Waals surface area contributed by atoms with E-state index in [9.17, 15) is 9.59 Å². The van der Waals surface area contributed by atoms with E-state index in [1.807, 2.05) is 19.9 Å². The Morgan fingerprint density at radius 3 is 2.67 bits per heavy atom. The van der Waals surface area contributed by atoms with E-state index in [0.717, 1.165) is 5.57 Å². The van der Waals surface area contributed by atoms with Crippen LogP contribution in [0, 0.1) is 0 Å². The Morgan fingerprint density at radius 2 is 2.17 bits per heavy atom. The summed E-state index contributed by atoms with van der Waals surface area (Å²) in [5, 5.41) is 2.57. The molecule has 2 amide bonds. The van der Waals surface area contributed by atoms with Gasteiger partial charge in [0.05, 0.1) is 0 Å². The third-order valence-electron chi connectivity index (χ3n) is 2.31. The van der Waals surface area contributed by atoms with Crippen LogP contribution in [0.1, 0.15) is 30.8 Å². The summed E-state index contributed by atoms with van der Waals surface area (Å²) in [5.74, 6) is -0.960. The largest absolute Gasteiger partial charge is 0.368 e. The van der Waals surface area contributed by atoms with Crippen LogP contribution in [0.15, 0.2) is 36.0 Å². The monoisotopic (exact) mass is 247 g/mol. The van der Waals surface area contributed by atoms with E-state index in [-0.39, 0.29) is 5.69 Å². The second-order valence-corrected chi connectivity index (χ2v) is 4.16. The van der Waals surface area contributed by atoms with Crippen molar-refractivity contribution in [3.63, 3.8) is 0 Å². The Morgan fingerprint density at radius 1 is 1.44 bits per heavy atom. The SMILES string of the molecule is CC(C)=CC[C@@H](NC(=O)c1ccccn1)C(N)=O. The van der Waals surface area contributed by atoms with E-state index >= 15 is 0 Å². The molecule has 1 heterocycles. The summed E-state index contributed by atoms with van der Waals surface area (Å²) in [6.45, 7) is 3.83. The van der Waals surface area contributed by atoms with Gasteiger partial charge in [0.2, 0.25) is 5.91 Å². The van der Waals surface area contributed by atoms with E-state index in [1.165, 1.54) is 6.20 Å². The first-order valence-electron chi connectivity index (χ1n) is 5.65. The topological polar surface area (TPSA) is 85.1 Å². The number of nitrogens with two attached hydrogens (primary N) is 1. The Hall–Kier alpha value is -2.17. The van der Waals surface area contributed by atoms with E-state index < -0.39 is 17.9 Å². The molecule has 0 spiro atoms. The quantitative estimate of drug-likeness (QED) is 0.762. The van der Waals surface area contributed by atoms with Gasteiger partial charge in [-0.2, -0.15) is 0 Å². The van der Waals surface area contributed by atoms with Crippen LogP contribution in [0.5, 0.6) is 0 Å². The number of primary amides is 1. The van der Waals surface area contributed by atoms with Gasteiger partial charge in [-0.1, -0.05) is 17.7 Å². The van der Waals surface area contributed by atoms with Gasteiger partial charge in [0.1, 0.15) is 11.7 Å². The van der Waals surface area contributed by atoms with Crippen LogP contribution in [-0.4, -0.2) is 22.8 Å². The van der Waals surface area contributed by atoms with Crippen molar-refractivity contribution >= 4 is 11.8 Å². The molecule has 1 rings (SSSR count). The van der Waals surface area contributed by atoms with Gasteiger partial charge in [-0.15, -0.1) is 0 Å². The standard InChI is InChI=1S/C13H17N3O2/c1-9(2)6-7-10(12(14)17)16-13(18)11-5-3-4-8-15-11/h3-6,8,10H,7H2,1-2H3,(H2,14,17)(H,16,18)/t10-/m1/s1. The van der Waals surface area contributed by atoms with Gasteiger partial charge in [0.15, 0.2) is 0 Å². The third-order valence-corrected chi connectivity index (χ3v) is 2.31. The molecule has 0 fully saturated rings. The number of allylic oxidation sites excluding steroid dienone is 1. The number of nitrogens with one attached hydrogen (secondary N) is 1. The Balaban J connectivity index is 2.70. The first kappa shape index (κ1) is 13.9. The molecule has 0 aromatic carbocycles. The molecule has 0 aliphatic rings. The molecule has 0 bridgehead atoms. The lowest BCUT2D eigenvalue weighted by Crippen LogP contribution is -2.44. The second kappa shape index (κ2) is 6.54. The van der Waals surface area contributed by atoms with Crippen molar-refractivity contribution in [2.24, 2.45) is 5.73 Å². The zero-order chi connectivity index (χ0) is 13.5. The van der Waals surface area contributed by atoms with E-state index in [1.54, 1.807) is 18.2 Å². The molecule has 5 heteroatoms. The zero-order valence-corrected chi connectivity index (χ0v) is 10.5. The van der Waals surface area contributed by atoms with Gasteiger partial charge in [-0.25, -0.2) is 0 Å². The molecule has 0 aliphatic carbocycles. The molecule has 96 valence electrons. The average Bonchev–Trinajstić information content (AvgIpc) is 2.34. The first-order chi connectivity index (χ1) is 8.50. The highest BCUT2D eigenvalue weighted by Crippen LogP contribution is 2.00. The van der Waals surface area contributed by atoms with E-state index in [4.69, 9.17) is 5.73 Å². The maximum Gasteiger partial charge on any atom is 0.270 e. The molecular formula is C13H17N3O2. The molecule has 1 atom stereocenters. The van der Waals surface area contributed by atoms with Crippen LogP contribution >= 0.6 is 0 Å². The minimum atomic E-state index is -0.714. The maximum absolute atomic E-state index is 11.8. The molecule has 0 saturated heterocycles. The molecule has 18 heavy (non-hydrogen) atoms. The number of carbonyl (C=O) groups excluding carboxylic acids is 2. The summed E-state index contributed by atoms with van der Waals surface area (Å²) < 4.78 is 0. The van der Waals surface area contributed by atoms with E-state index in [0.29, 0.717) is 6.42 Å². The molecule has 0 radical (unpaired) electrons. The summed E-state index contributed by atoms with van der Waals surface area (Å²) in [6.07, 6.45) is 3.76. The zero-order valence-electron chi connectivity index (χ0n) is 10.5. The highest BCUT2D eigenvalue weighted by atomic mass is 16.2. The van der Waals surface area contributed by atoms with Crippen LogP contribution in [0.25, 0.3) is 0 Å². The van der Waals surface area contributed by atoms with Gasteiger partial charge in [-0.3, -0.25) is 14.6 Å². The number of amides is 2. The number of nitrogens with zero attached hydrogens (tertiary/aromatic N) is 1. The minimum absolute atomic E-state index is 0.265. The number of hydrogen-bond donors (Lipinski definition) is 2. The van der Waals surface area contributed by atoms with Crippen molar-refractivity contribution in [3.8, 4) is 0 Å². The lowest BCUT2D eigenvalue weighted by molar-refractivity contribution is -0.119. The molecule has 0 aliphatic heterocycles. The van der Waals surface area contributed by atoms with Crippen LogP contribution in [0.2, 0.25) is 0 Å². The molecule has 5 nitrogen and oxygen atoms in total. The molecule has 3 N–H and O–H groups in total. The van der Waals surface area contributed by atoms with Gasteiger partial charge in [0, 0.05) is 6.20 Å². The van der Waals surface area contributed by atoms with Crippen LogP contribution < -0.4 is 11.1 Å². The lowest BCUT2D eigenvalue weighted by atomic mass is 10.1. The van der Waals surface area contributed by atoms with Crippen LogP contribution in [0.3, 0.4) is 0 Å². The first-order valence-corrected chi connectivity index (χ1v) is 5.65. The predicted octanol–water partition coefficient (Wildman–Crippen LogP) is 1.02. The minimum Gasteiger partial charge on any atom is -0.368 e. The summed E-state index contributed by atoms with van der Waals surface area (Å²) in [4.78, 5) is 26.9. The Labute approximate surface area is 106 Å². The van der Waals surface area contributed by atoms with Crippen molar-refractivity contribution in [2.75, 3.05) is 0 Å². The summed E-state index contributed by atoms with van der Waals surface area (Å²) in [7, 11) is 0. The maximum atomic E-state index is 11.8. The fraction of sp³-hybridized carbons (Fsp3) is 0.308. The van der Waals surface area contributed by atoms with Crippen molar-refractivity contribution in [2.45, 2.75) is 26.3 Å². The highest BCUT2D eigenvalue weighted by molar-refractivity contribution is 5.95. The molecule has 0 unspecified atom stereocenters. The predicted molar refractivity (Wildman–Crippen MR) is 68.7 cm³/mol. The van der Waals surface area contributed by atoms with Crippen LogP contribution in [-0.2, 0) is 4.79 Å². The summed E-state index contributed by atoms with van der Waals surface area (Å²) in [6, 6.07) is 4.28. The fourth-order valence-corrected chi connectivity index (χ4v) is 1.33. The molecule has 0 saturated carbocycles. The van der Waals surface area contributed by atoms with E-state index in [2.05, 4.69) is 10.3 Å². The molecular weight excluding hydrogens is 230 g/mol. The molecule has 1 aromatic heterocycles. The van der Waals surface area contributed by atoms with Gasteiger partial charge in [-0.05, 0) is 32.4 Å². The fourth-order valence-electron chi connectivity index (χ4n) is 1.33. The number of rotatable bonds is 5. The second-order valence-electron chi connectivity index (χ2n) is 4.16. The average molecular weight is 247 g/mol. The Bertz CT molecular complexity index is 451. The van der Waals surface area contributed by atoms with Gasteiger partial charge in [0.25, 0.3) is 5.91 Å². The van der Waals surface area contributed by atoms with Crippen molar-refractivity contribution in [1.82, 2.24) is 10.3 Å². The number of aromatic nitrogens is 1.